The van der Waals surface area contributed by atoms with Crippen LogP contribution in [-0.2, 0) is 20.0 Å². The molecule has 23 heavy (non-hydrogen) atoms. The molecule has 0 aromatic carbocycles. The number of nitrogens with zero attached hydrogens (tertiary/aromatic N) is 5. The van der Waals surface area contributed by atoms with Crippen molar-refractivity contribution in [3.05, 3.63) is 36.3 Å². The fourth-order valence-corrected chi connectivity index (χ4v) is 3.24. The highest BCUT2D eigenvalue weighted by atomic mass is 15.2. The predicted molar refractivity (Wildman–Crippen MR) is 91.1 cm³/mol. The molecule has 1 aliphatic rings. The summed E-state index contributed by atoms with van der Waals surface area (Å²) in [6.45, 7) is 3.32. The normalized spacial score (nSPS) is 19.5. The number of rotatable bonds is 5. The van der Waals surface area contributed by atoms with Crippen LogP contribution in [0.15, 0.2) is 24.9 Å². The summed E-state index contributed by atoms with van der Waals surface area (Å²) in [6, 6.07) is 0. The van der Waals surface area contributed by atoms with E-state index in [-0.39, 0.29) is 0 Å². The van der Waals surface area contributed by atoms with Crippen LogP contribution in [-0.4, -0.2) is 44.6 Å². The summed E-state index contributed by atoms with van der Waals surface area (Å²) in [5.41, 5.74) is 2.39. The van der Waals surface area contributed by atoms with Gasteiger partial charge in [0, 0.05) is 26.8 Å². The zero-order valence-electron chi connectivity index (χ0n) is 14.1. The Morgan fingerprint density at radius 3 is 2.78 bits per heavy atom. The molecule has 1 atom stereocenters. The number of hydrogen-bond acceptors (Lipinski definition) is 5. The minimum absolute atomic E-state index is 0.710. The van der Waals surface area contributed by atoms with Crippen molar-refractivity contribution in [1.82, 2.24) is 24.4 Å². The van der Waals surface area contributed by atoms with Crippen LogP contribution in [0.1, 0.15) is 30.7 Å². The van der Waals surface area contributed by atoms with E-state index in [0.29, 0.717) is 5.92 Å². The highest BCUT2D eigenvalue weighted by molar-refractivity contribution is 5.29. The van der Waals surface area contributed by atoms with Gasteiger partial charge in [-0.25, -0.2) is 9.97 Å². The van der Waals surface area contributed by atoms with E-state index in [9.17, 15) is 0 Å². The quantitative estimate of drug-likeness (QED) is 0.916. The van der Waals surface area contributed by atoms with E-state index in [4.69, 9.17) is 0 Å². The minimum Gasteiger partial charge on any atom is -0.372 e. The number of nitrogens with one attached hydrogen (secondary N) is 1. The second-order valence-corrected chi connectivity index (χ2v) is 6.42. The molecule has 6 heteroatoms. The molecule has 1 fully saturated rings. The lowest BCUT2D eigenvalue weighted by atomic mass is 9.95. The van der Waals surface area contributed by atoms with Crippen molar-refractivity contribution in [2.45, 2.75) is 32.2 Å². The zero-order chi connectivity index (χ0) is 16.1. The molecule has 0 bridgehead atoms. The number of anilines is 1. The van der Waals surface area contributed by atoms with Crippen LogP contribution in [0.25, 0.3) is 0 Å². The Morgan fingerprint density at radius 2 is 2.09 bits per heavy atom. The Balaban J connectivity index is 1.52. The number of imidazole rings is 1. The van der Waals surface area contributed by atoms with E-state index in [1.807, 2.05) is 32.0 Å². The van der Waals surface area contributed by atoms with E-state index in [2.05, 4.69) is 36.8 Å². The largest absolute Gasteiger partial charge is 0.372 e. The molecule has 124 valence electrons. The Hall–Kier alpha value is -1.95. The van der Waals surface area contributed by atoms with Gasteiger partial charge in [0.25, 0.3) is 0 Å². The first-order chi connectivity index (χ1) is 11.2. The minimum atomic E-state index is 0.710. The van der Waals surface area contributed by atoms with Gasteiger partial charge in [-0.3, -0.25) is 9.88 Å². The van der Waals surface area contributed by atoms with E-state index in [1.54, 1.807) is 0 Å². The summed E-state index contributed by atoms with van der Waals surface area (Å²) in [4.78, 5) is 15.6. The summed E-state index contributed by atoms with van der Waals surface area (Å²) >= 11 is 0. The Kier molecular flexibility index (Phi) is 5.23. The molecular formula is C17H26N6. The van der Waals surface area contributed by atoms with Crippen molar-refractivity contribution in [3.8, 4) is 0 Å². The maximum absolute atomic E-state index is 4.52. The molecule has 6 nitrogen and oxygen atoms in total. The van der Waals surface area contributed by atoms with E-state index >= 15 is 0 Å². The Morgan fingerprint density at radius 1 is 1.17 bits per heavy atom. The highest BCUT2D eigenvalue weighted by Gasteiger charge is 2.18. The monoisotopic (exact) mass is 314 g/mol. The molecule has 2 aromatic heterocycles. The van der Waals surface area contributed by atoms with Crippen molar-refractivity contribution >= 4 is 5.82 Å². The van der Waals surface area contributed by atoms with Crippen molar-refractivity contribution < 1.29 is 0 Å². The SMILES string of the molecule is CNc1cnc(C[C@@H]2CCCN(Cc3cncn3C)CC2)cn1. The van der Waals surface area contributed by atoms with Crippen LogP contribution in [0.3, 0.4) is 0 Å². The topological polar surface area (TPSA) is 58.9 Å². The molecule has 1 saturated heterocycles. The lowest BCUT2D eigenvalue weighted by Gasteiger charge is -2.20. The van der Waals surface area contributed by atoms with Crippen LogP contribution in [0.5, 0.6) is 0 Å². The summed E-state index contributed by atoms with van der Waals surface area (Å²) in [6.07, 6.45) is 12.4. The Labute approximate surface area is 138 Å². The van der Waals surface area contributed by atoms with Gasteiger partial charge in [-0.05, 0) is 44.7 Å². The van der Waals surface area contributed by atoms with Gasteiger partial charge in [-0.15, -0.1) is 0 Å². The first kappa shape index (κ1) is 15.9. The predicted octanol–water partition coefficient (Wildman–Crippen LogP) is 2.10. The van der Waals surface area contributed by atoms with Gasteiger partial charge in [0.15, 0.2) is 0 Å². The highest BCUT2D eigenvalue weighted by Crippen LogP contribution is 2.22. The molecule has 0 saturated carbocycles. The van der Waals surface area contributed by atoms with Crippen molar-refractivity contribution in [3.63, 3.8) is 0 Å². The molecule has 0 aliphatic carbocycles. The standard InChI is InChI=1S/C17H26N6/c1-18-17-11-20-15(9-21-17)8-14-4-3-6-23(7-5-14)12-16-10-19-13-22(16)2/h9-11,13-14H,3-8,12H2,1-2H3,(H,18,21)/t14-/m1/s1. The van der Waals surface area contributed by atoms with E-state index in [0.717, 1.165) is 31.0 Å². The van der Waals surface area contributed by atoms with Crippen LogP contribution in [0.2, 0.25) is 0 Å². The molecule has 1 N–H and O–H groups in total. The maximum atomic E-state index is 4.52. The third-order valence-corrected chi connectivity index (χ3v) is 4.70. The molecule has 0 amide bonds. The third kappa shape index (κ3) is 4.28. The van der Waals surface area contributed by atoms with Crippen LogP contribution >= 0.6 is 0 Å². The van der Waals surface area contributed by atoms with Gasteiger partial charge >= 0.3 is 0 Å². The maximum Gasteiger partial charge on any atom is 0.144 e. The molecule has 1 aliphatic heterocycles. The smallest absolute Gasteiger partial charge is 0.144 e. The summed E-state index contributed by atoms with van der Waals surface area (Å²) < 4.78 is 2.11. The van der Waals surface area contributed by atoms with Crippen molar-refractivity contribution in [1.29, 1.82) is 0 Å². The number of likely N-dealkylation sites (tertiary alicyclic amines) is 1. The van der Waals surface area contributed by atoms with Crippen molar-refractivity contribution in [2.75, 3.05) is 25.5 Å². The molecule has 3 rings (SSSR count). The molecule has 3 heterocycles. The summed E-state index contributed by atoms with van der Waals surface area (Å²) in [5.74, 6) is 1.54. The van der Waals surface area contributed by atoms with E-state index < -0.39 is 0 Å². The molecule has 0 unspecified atom stereocenters. The average molecular weight is 314 g/mol. The second kappa shape index (κ2) is 7.55. The van der Waals surface area contributed by atoms with Gasteiger partial charge < -0.3 is 9.88 Å². The summed E-state index contributed by atoms with van der Waals surface area (Å²) in [7, 11) is 3.93. The van der Waals surface area contributed by atoms with Crippen LogP contribution in [0, 0.1) is 5.92 Å². The van der Waals surface area contributed by atoms with Crippen molar-refractivity contribution in [2.24, 2.45) is 13.0 Å². The first-order valence-electron chi connectivity index (χ1n) is 8.41. The van der Waals surface area contributed by atoms with Gasteiger partial charge in [0.05, 0.1) is 30.1 Å². The van der Waals surface area contributed by atoms with Crippen LogP contribution in [0.4, 0.5) is 5.82 Å². The summed E-state index contributed by atoms with van der Waals surface area (Å²) in [5, 5.41) is 3.01. The fraction of sp³-hybridized carbons (Fsp3) is 0.588. The third-order valence-electron chi connectivity index (χ3n) is 4.70. The van der Waals surface area contributed by atoms with Gasteiger partial charge in [0.2, 0.25) is 0 Å². The fourth-order valence-electron chi connectivity index (χ4n) is 3.24. The van der Waals surface area contributed by atoms with Gasteiger partial charge in [0.1, 0.15) is 5.82 Å². The molecule has 2 aromatic rings. The number of aromatic nitrogens is 4. The molecular weight excluding hydrogens is 288 g/mol. The lowest BCUT2D eigenvalue weighted by Crippen LogP contribution is -2.25. The van der Waals surface area contributed by atoms with Gasteiger partial charge in [-0.1, -0.05) is 0 Å². The zero-order valence-corrected chi connectivity index (χ0v) is 14.1. The second-order valence-electron chi connectivity index (χ2n) is 6.42. The Bertz CT molecular complexity index is 606. The van der Waals surface area contributed by atoms with E-state index in [1.165, 1.54) is 31.5 Å². The molecule has 0 radical (unpaired) electrons. The lowest BCUT2D eigenvalue weighted by molar-refractivity contribution is 0.266. The number of aryl methyl sites for hydroxylation is 1. The van der Waals surface area contributed by atoms with Crippen LogP contribution < -0.4 is 5.32 Å². The number of hydrogen-bond donors (Lipinski definition) is 1. The first-order valence-corrected chi connectivity index (χ1v) is 8.41. The average Bonchev–Trinajstić information content (AvgIpc) is 2.84. The molecule has 0 spiro atoms. The van der Waals surface area contributed by atoms with Gasteiger partial charge in [-0.2, -0.15) is 0 Å².